The van der Waals surface area contributed by atoms with Crippen molar-refractivity contribution in [1.29, 1.82) is 0 Å². The third-order valence-corrected chi connectivity index (χ3v) is 13.6. The normalized spacial score (nSPS) is 60.3. The van der Waals surface area contributed by atoms with Crippen LogP contribution in [0.2, 0.25) is 0 Å². The molecule has 0 aromatic carbocycles. The standard InChI is InChI=1S/C30H48O3/c1-24(2)14-15-29-18-33-30(21(29)16-24)13-9-20-26(5)11-10-22(31)25(3,4)19(26)8-12-27(20,6)28(30,7)17-23(29)32/h9,13,19-23,31-32H,8,10-12,14-18H2,1-7H3/t19-,20+,21+,22-,23+,26-,27+,28-,29+,30-/m0/s1. The van der Waals surface area contributed by atoms with E-state index in [0.29, 0.717) is 23.2 Å². The molecule has 33 heavy (non-hydrogen) atoms. The maximum atomic E-state index is 11.8. The fraction of sp³-hybridized carbons (Fsp3) is 0.933. The second kappa shape index (κ2) is 6.30. The van der Waals surface area contributed by atoms with Crippen LogP contribution in [0.25, 0.3) is 0 Å². The summed E-state index contributed by atoms with van der Waals surface area (Å²) in [6.45, 7) is 17.8. The number of hydrogen-bond donors (Lipinski definition) is 2. The van der Waals surface area contributed by atoms with Gasteiger partial charge in [-0.25, -0.2) is 0 Å². The Labute approximate surface area is 201 Å². The zero-order valence-electron chi connectivity index (χ0n) is 22.2. The van der Waals surface area contributed by atoms with Crippen LogP contribution in [0, 0.1) is 50.2 Å². The lowest BCUT2D eigenvalue weighted by Crippen LogP contribution is -2.72. The summed E-state index contributed by atoms with van der Waals surface area (Å²) in [5, 5.41) is 22.7. The quantitative estimate of drug-likeness (QED) is 0.431. The molecular weight excluding hydrogens is 408 g/mol. The molecule has 1 heterocycles. The van der Waals surface area contributed by atoms with Gasteiger partial charge in [0.05, 0.1) is 24.4 Å². The van der Waals surface area contributed by atoms with Gasteiger partial charge in [0.25, 0.3) is 0 Å². The Kier molecular flexibility index (Phi) is 4.40. The summed E-state index contributed by atoms with van der Waals surface area (Å²) in [7, 11) is 0. The topological polar surface area (TPSA) is 49.7 Å². The van der Waals surface area contributed by atoms with Gasteiger partial charge in [-0.3, -0.25) is 0 Å². The predicted octanol–water partition coefficient (Wildman–Crippen LogP) is 6.13. The van der Waals surface area contributed by atoms with Gasteiger partial charge < -0.3 is 14.9 Å². The molecule has 0 unspecified atom stereocenters. The van der Waals surface area contributed by atoms with E-state index in [0.717, 1.165) is 45.1 Å². The SMILES string of the molecule is CC1(C)CC[C@]23CO[C@@]4(C=C[C@@H]5[C@@]6(C)CC[C@H](O)C(C)(C)[C@@H]6CC[C@@]5(C)[C@]4(C)C[C@H]2O)[C@@H]3C1. The van der Waals surface area contributed by atoms with Crippen molar-refractivity contribution >= 4 is 0 Å². The Morgan fingerprint density at radius 2 is 1.52 bits per heavy atom. The molecule has 0 amide bonds. The van der Waals surface area contributed by atoms with Crippen LogP contribution in [-0.2, 0) is 4.74 Å². The molecule has 4 saturated carbocycles. The van der Waals surface area contributed by atoms with Gasteiger partial charge in [-0.15, -0.1) is 0 Å². The van der Waals surface area contributed by atoms with Crippen molar-refractivity contribution in [2.45, 2.75) is 118 Å². The van der Waals surface area contributed by atoms with Crippen LogP contribution in [0.1, 0.15) is 99.8 Å². The number of rotatable bonds is 0. The molecule has 5 fully saturated rings. The lowest BCUT2D eigenvalue weighted by atomic mass is 9.32. The third-order valence-electron chi connectivity index (χ3n) is 13.6. The van der Waals surface area contributed by atoms with Crippen molar-refractivity contribution in [3.63, 3.8) is 0 Å². The van der Waals surface area contributed by atoms with Gasteiger partial charge in [0.2, 0.25) is 0 Å². The predicted molar refractivity (Wildman–Crippen MR) is 132 cm³/mol. The van der Waals surface area contributed by atoms with Gasteiger partial charge in [-0.1, -0.05) is 60.6 Å². The van der Waals surface area contributed by atoms with Crippen LogP contribution in [0.5, 0.6) is 0 Å². The number of allylic oxidation sites excluding steroid dienone is 1. The Bertz CT molecular complexity index is 891. The van der Waals surface area contributed by atoms with E-state index in [1.54, 1.807) is 0 Å². The molecule has 0 radical (unpaired) electrons. The molecule has 10 atom stereocenters. The van der Waals surface area contributed by atoms with Gasteiger partial charge in [0.1, 0.15) is 0 Å². The van der Waals surface area contributed by atoms with E-state index >= 15 is 0 Å². The summed E-state index contributed by atoms with van der Waals surface area (Å²) in [4.78, 5) is 0. The average Bonchev–Trinajstić information content (AvgIpc) is 2.99. The molecule has 3 heteroatoms. The van der Waals surface area contributed by atoms with E-state index in [1.165, 1.54) is 12.8 Å². The first-order chi connectivity index (χ1) is 15.2. The van der Waals surface area contributed by atoms with E-state index in [2.05, 4.69) is 60.6 Å². The van der Waals surface area contributed by atoms with E-state index in [1.807, 2.05) is 0 Å². The molecule has 2 N–H and O–H groups in total. The highest BCUT2D eigenvalue weighted by molar-refractivity contribution is 5.35. The smallest absolute Gasteiger partial charge is 0.0957 e. The summed E-state index contributed by atoms with van der Waals surface area (Å²) in [6.07, 6.45) is 13.3. The zero-order chi connectivity index (χ0) is 23.9. The minimum Gasteiger partial charge on any atom is -0.393 e. The van der Waals surface area contributed by atoms with Gasteiger partial charge in [-0.05, 0) is 84.9 Å². The Morgan fingerprint density at radius 3 is 2.24 bits per heavy atom. The van der Waals surface area contributed by atoms with Crippen LogP contribution >= 0.6 is 0 Å². The van der Waals surface area contributed by atoms with Crippen LogP contribution in [0.3, 0.4) is 0 Å². The fourth-order valence-corrected chi connectivity index (χ4v) is 11.3. The highest BCUT2D eigenvalue weighted by atomic mass is 16.5. The van der Waals surface area contributed by atoms with E-state index in [-0.39, 0.29) is 44.9 Å². The Balaban J connectivity index is 1.50. The van der Waals surface area contributed by atoms with Gasteiger partial charge in [0.15, 0.2) is 0 Å². The first-order valence-electron chi connectivity index (χ1n) is 13.9. The highest BCUT2D eigenvalue weighted by Gasteiger charge is 2.78. The monoisotopic (exact) mass is 456 g/mol. The molecule has 2 bridgehead atoms. The van der Waals surface area contributed by atoms with Crippen LogP contribution in [0.4, 0.5) is 0 Å². The minimum absolute atomic E-state index is 0.0449. The number of hydrogen-bond acceptors (Lipinski definition) is 3. The van der Waals surface area contributed by atoms with Crippen LogP contribution < -0.4 is 0 Å². The molecule has 186 valence electrons. The Hall–Kier alpha value is -0.380. The van der Waals surface area contributed by atoms with Crippen molar-refractivity contribution in [3.05, 3.63) is 12.2 Å². The lowest BCUT2D eigenvalue weighted by molar-refractivity contribution is -0.256. The van der Waals surface area contributed by atoms with Crippen LogP contribution in [0.15, 0.2) is 12.2 Å². The van der Waals surface area contributed by atoms with Crippen molar-refractivity contribution in [1.82, 2.24) is 0 Å². The molecule has 1 aliphatic heterocycles. The summed E-state index contributed by atoms with van der Waals surface area (Å²) >= 11 is 0. The first kappa shape index (κ1) is 23.0. The molecule has 6 rings (SSSR count). The first-order valence-corrected chi connectivity index (χ1v) is 13.9. The second-order valence-corrected chi connectivity index (χ2v) is 15.5. The molecule has 3 nitrogen and oxygen atoms in total. The average molecular weight is 457 g/mol. The second-order valence-electron chi connectivity index (χ2n) is 15.5. The van der Waals surface area contributed by atoms with Crippen LogP contribution in [-0.4, -0.2) is 34.6 Å². The zero-order valence-corrected chi connectivity index (χ0v) is 22.2. The number of ether oxygens (including phenoxy) is 1. The molecule has 1 spiro atoms. The number of fused-ring (bicyclic) bond motifs is 4. The van der Waals surface area contributed by atoms with Gasteiger partial charge in [0, 0.05) is 16.7 Å². The minimum atomic E-state index is -0.265. The highest BCUT2D eigenvalue weighted by Crippen LogP contribution is 2.79. The van der Waals surface area contributed by atoms with Gasteiger partial charge >= 0.3 is 0 Å². The van der Waals surface area contributed by atoms with Crippen molar-refractivity contribution < 1.29 is 14.9 Å². The summed E-state index contributed by atoms with van der Waals surface area (Å²) < 4.78 is 7.03. The molecule has 6 aliphatic rings. The number of aliphatic hydroxyl groups excluding tert-OH is 2. The fourth-order valence-electron chi connectivity index (χ4n) is 11.3. The van der Waals surface area contributed by atoms with E-state index in [4.69, 9.17) is 4.74 Å². The van der Waals surface area contributed by atoms with Gasteiger partial charge in [-0.2, -0.15) is 0 Å². The molecule has 0 aromatic rings. The van der Waals surface area contributed by atoms with E-state index in [9.17, 15) is 10.2 Å². The number of aliphatic hydroxyl groups is 2. The Morgan fingerprint density at radius 1 is 0.788 bits per heavy atom. The molecule has 1 saturated heterocycles. The largest absolute Gasteiger partial charge is 0.393 e. The van der Waals surface area contributed by atoms with Crippen molar-refractivity contribution in [2.24, 2.45) is 50.2 Å². The molecular formula is C30H48O3. The molecule has 5 aliphatic carbocycles. The maximum absolute atomic E-state index is 11.8. The summed E-state index contributed by atoms with van der Waals surface area (Å²) in [5.41, 5.74) is 0.154. The third kappa shape index (κ3) is 2.40. The van der Waals surface area contributed by atoms with Crippen molar-refractivity contribution in [2.75, 3.05) is 6.61 Å². The van der Waals surface area contributed by atoms with E-state index < -0.39 is 0 Å². The molecule has 0 aromatic heterocycles. The summed E-state index contributed by atoms with van der Waals surface area (Å²) in [5.74, 6) is 1.40. The maximum Gasteiger partial charge on any atom is 0.0957 e. The summed E-state index contributed by atoms with van der Waals surface area (Å²) in [6, 6.07) is 0. The lowest BCUT2D eigenvalue weighted by Gasteiger charge is -2.73. The van der Waals surface area contributed by atoms with Crippen molar-refractivity contribution in [3.8, 4) is 0 Å².